The average Bonchev–Trinajstić information content (AvgIpc) is 3.67. The van der Waals surface area contributed by atoms with Crippen LogP contribution in [0.1, 0.15) is 66.9 Å². The highest BCUT2D eigenvalue weighted by atomic mass is 32.1. The lowest BCUT2D eigenvalue weighted by Gasteiger charge is -2.32. The highest BCUT2D eigenvalue weighted by molar-refractivity contribution is 7.29. The predicted octanol–water partition coefficient (Wildman–Crippen LogP) is 6.53. The molecule has 1 aromatic carbocycles. The van der Waals surface area contributed by atoms with E-state index in [4.69, 9.17) is 9.31 Å². The summed E-state index contributed by atoms with van der Waals surface area (Å²) < 4.78 is 19.6. The first-order valence-corrected chi connectivity index (χ1v) is 17.1. The van der Waals surface area contributed by atoms with Crippen LogP contribution in [0.25, 0.3) is 26.2 Å². The topological polar surface area (TPSA) is 101 Å². The predicted molar refractivity (Wildman–Crippen MR) is 190 cm³/mol. The van der Waals surface area contributed by atoms with Crippen LogP contribution < -0.4 is 16.1 Å². The monoisotopic (exact) mass is 654 g/mol. The fourth-order valence-corrected chi connectivity index (χ4v) is 6.98. The zero-order valence-corrected chi connectivity index (χ0v) is 29.5. The average molecular weight is 655 g/mol. The number of fused-ring (bicyclic) bond motifs is 1. The van der Waals surface area contributed by atoms with Crippen LogP contribution in [0.3, 0.4) is 0 Å². The number of methoxy groups -OCH3 is 1. The summed E-state index contributed by atoms with van der Waals surface area (Å²) in [5.41, 5.74) is 4.28. The number of nitrogens with one attached hydrogen (secondary N) is 2. The van der Waals surface area contributed by atoms with Gasteiger partial charge in [0.2, 0.25) is 5.91 Å². The maximum Gasteiger partial charge on any atom is 0.497 e. The molecule has 244 valence electrons. The third-order valence-electron chi connectivity index (χ3n) is 7.66. The maximum absolute atomic E-state index is 12.5. The van der Waals surface area contributed by atoms with Crippen molar-refractivity contribution in [2.45, 2.75) is 72.5 Å². The molecule has 2 aromatic heterocycles. The Hall–Kier alpha value is -3.19. The molecule has 0 bridgehead atoms. The zero-order chi connectivity index (χ0) is 33.2. The second kappa shape index (κ2) is 16.4. The second-order valence-corrected chi connectivity index (χ2v) is 13.5. The number of alkyl carbamates (subject to hydrolysis) is 1. The maximum atomic E-state index is 12.5. The lowest BCUT2D eigenvalue weighted by Crippen LogP contribution is -2.42. The van der Waals surface area contributed by atoms with Crippen LogP contribution in [0.4, 0.5) is 4.79 Å². The van der Waals surface area contributed by atoms with Crippen LogP contribution in [0, 0.1) is 0 Å². The Morgan fingerprint density at radius 1 is 1.02 bits per heavy atom. The van der Waals surface area contributed by atoms with Gasteiger partial charge in [0.1, 0.15) is 6.54 Å². The molecule has 0 unspecified atom stereocenters. The van der Waals surface area contributed by atoms with Crippen molar-refractivity contribution < 1.29 is 23.6 Å². The Kier molecular flexibility index (Phi) is 13.2. The third-order valence-corrected chi connectivity index (χ3v) is 9.85. The minimum absolute atomic E-state index is 0.101. The van der Waals surface area contributed by atoms with Gasteiger partial charge in [0.05, 0.1) is 28.7 Å². The van der Waals surface area contributed by atoms with E-state index < -0.39 is 6.09 Å². The summed E-state index contributed by atoms with van der Waals surface area (Å²) in [5, 5.41) is 10.0. The summed E-state index contributed by atoms with van der Waals surface area (Å²) in [6, 6.07) is 8.27. The van der Waals surface area contributed by atoms with Gasteiger partial charge in [-0.15, -0.1) is 22.7 Å². The van der Waals surface area contributed by atoms with Gasteiger partial charge in [0.15, 0.2) is 0 Å². The Balaban J connectivity index is 0.00000177. The highest BCUT2D eigenvalue weighted by Gasteiger charge is 2.52. The molecule has 3 heterocycles. The molecule has 45 heavy (non-hydrogen) atoms. The Morgan fingerprint density at radius 2 is 1.64 bits per heavy atom. The molecule has 1 fully saturated rings. The number of hydrogen-bond acceptors (Lipinski definition) is 9. The number of nitrogens with zero attached hydrogens (tertiary/aromatic N) is 2. The van der Waals surface area contributed by atoms with Crippen LogP contribution in [0.5, 0.6) is 0 Å². The SMILES string of the molecule is C=N/C(=C\NCCN(CCC)C(=O)CNC(=O)OC)c1ccc(-c2csc3c(B4OC(C)(C)C(C)(C)O4)csc23)cc1.CCC. The summed E-state index contributed by atoms with van der Waals surface area (Å²) in [4.78, 5) is 29.7. The fourth-order valence-electron chi connectivity index (χ4n) is 4.54. The van der Waals surface area contributed by atoms with E-state index in [-0.39, 0.29) is 30.8 Å². The molecule has 4 rings (SSSR count). The van der Waals surface area contributed by atoms with Gasteiger partial charge in [-0.1, -0.05) is 51.5 Å². The van der Waals surface area contributed by atoms with Gasteiger partial charge in [0, 0.05) is 52.5 Å². The molecule has 2 N–H and O–H groups in total. The van der Waals surface area contributed by atoms with Gasteiger partial charge in [-0.3, -0.25) is 9.79 Å². The second-order valence-electron chi connectivity index (χ2n) is 11.7. The number of thiophene rings is 2. The van der Waals surface area contributed by atoms with Gasteiger partial charge in [-0.25, -0.2) is 4.79 Å². The largest absolute Gasteiger partial charge is 0.497 e. The Bertz CT molecular complexity index is 1450. The molecule has 0 saturated carbocycles. The van der Waals surface area contributed by atoms with Crippen molar-refractivity contribution in [3.05, 3.63) is 46.8 Å². The summed E-state index contributed by atoms with van der Waals surface area (Å²) in [7, 11) is 0.891. The normalized spacial score (nSPS) is 15.3. The van der Waals surface area contributed by atoms with E-state index >= 15 is 0 Å². The van der Waals surface area contributed by atoms with Gasteiger partial charge in [-0.05, 0) is 51.8 Å². The summed E-state index contributed by atoms with van der Waals surface area (Å²) >= 11 is 3.43. The van der Waals surface area contributed by atoms with Crippen molar-refractivity contribution in [1.29, 1.82) is 0 Å². The van der Waals surface area contributed by atoms with Crippen LogP contribution >= 0.6 is 22.7 Å². The Morgan fingerprint density at radius 3 is 2.22 bits per heavy atom. The molecule has 0 spiro atoms. The molecule has 3 aromatic rings. The molecular weight excluding hydrogens is 607 g/mol. The van der Waals surface area contributed by atoms with E-state index in [1.807, 2.05) is 25.3 Å². The van der Waals surface area contributed by atoms with Crippen molar-refractivity contribution in [3.63, 3.8) is 0 Å². The number of ether oxygens (including phenoxy) is 1. The molecule has 1 saturated heterocycles. The number of carbonyl (C=O) groups is 2. The number of rotatable bonds is 12. The quantitative estimate of drug-likeness (QED) is 0.131. The molecule has 1 aliphatic rings. The zero-order valence-electron chi connectivity index (χ0n) is 27.8. The van der Waals surface area contributed by atoms with E-state index in [0.717, 1.165) is 23.0 Å². The van der Waals surface area contributed by atoms with Crippen LogP contribution in [0.15, 0.2) is 46.2 Å². The van der Waals surface area contributed by atoms with Gasteiger partial charge in [-0.2, -0.15) is 0 Å². The summed E-state index contributed by atoms with van der Waals surface area (Å²) in [6.45, 7) is 19.8. The summed E-state index contributed by atoms with van der Waals surface area (Å²) in [5.74, 6) is -0.165. The Labute approximate surface area is 276 Å². The molecule has 0 radical (unpaired) electrons. The third kappa shape index (κ3) is 8.97. The lowest BCUT2D eigenvalue weighted by atomic mass is 9.81. The van der Waals surface area contributed by atoms with Crippen LogP contribution in [-0.4, -0.2) is 75.2 Å². The molecule has 0 aliphatic carbocycles. The van der Waals surface area contributed by atoms with Gasteiger partial charge in [0.25, 0.3) is 0 Å². The molecule has 12 heteroatoms. The highest BCUT2D eigenvalue weighted by Crippen LogP contribution is 2.41. The van der Waals surface area contributed by atoms with E-state index in [0.29, 0.717) is 25.3 Å². The fraction of sp³-hybridized carbons (Fsp3) is 0.485. The number of benzene rings is 1. The van der Waals surface area contributed by atoms with E-state index in [9.17, 15) is 9.59 Å². The van der Waals surface area contributed by atoms with Gasteiger partial charge < -0.3 is 29.6 Å². The smallest absolute Gasteiger partial charge is 0.453 e. The number of carbonyl (C=O) groups excluding carboxylic acids is 2. The van der Waals surface area contributed by atoms with E-state index in [1.165, 1.54) is 28.5 Å². The first-order valence-electron chi connectivity index (χ1n) is 15.4. The number of aliphatic imine (C=N–C) groups is 1. The van der Waals surface area contributed by atoms with E-state index in [1.54, 1.807) is 27.6 Å². The van der Waals surface area contributed by atoms with Crippen LogP contribution in [0.2, 0.25) is 0 Å². The lowest BCUT2D eigenvalue weighted by molar-refractivity contribution is -0.130. The number of amides is 2. The molecule has 9 nitrogen and oxygen atoms in total. The minimum atomic E-state index is -0.626. The summed E-state index contributed by atoms with van der Waals surface area (Å²) in [6.07, 6.45) is 3.24. The first kappa shape index (κ1) is 36.3. The first-order chi connectivity index (χ1) is 21.4. The van der Waals surface area contributed by atoms with Crippen molar-refractivity contribution in [1.82, 2.24) is 15.5 Å². The molecular formula is C33H47BN4O5S2. The van der Waals surface area contributed by atoms with Crippen molar-refractivity contribution in [2.75, 3.05) is 33.3 Å². The molecule has 0 atom stereocenters. The van der Waals surface area contributed by atoms with Crippen molar-refractivity contribution in [3.8, 4) is 11.1 Å². The van der Waals surface area contributed by atoms with Crippen molar-refractivity contribution in [2.24, 2.45) is 4.99 Å². The minimum Gasteiger partial charge on any atom is -0.453 e. The van der Waals surface area contributed by atoms with Crippen LogP contribution in [-0.2, 0) is 18.8 Å². The van der Waals surface area contributed by atoms with Gasteiger partial charge >= 0.3 is 13.2 Å². The molecule has 1 aliphatic heterocycles. The van der Waals surface area contributed by atoms with Crippen molar-refractivity contribution >= 4 is 69.1 Å². The van der Waals surface area contributed by atoms with E-state index in [2.05, 4.69) is 91.5 Å². The molecule has 2 amide bonds. The number of hydrogen-bond donors (Lipinski definition) is 2. The standard InChI is InChI=1S/C30H39BN4O5S2.C3H8/c1-8-14-35(25(36)17-34-28(37)38-7)15-13-33-16-24(32-6)21-11-9-20(10-12-21)22-18-41-27-23(19-42-26(22)27)31-39-29(2,3)30(4,5)40-31;1-3-2/h9-12,16,18-19,33H,6,8,13-15,17H2,1-5,7H3,(H,34,37);3H2,1-2H3/b24-16-;.